The zero-order chi connectivity index (χ0) is 17.2. The number of guanidine groups is 1. The monoisotopic (exact) mass is 338 g/mol. The molecule has 1 saturated carbocycles. The van der Waals surface area contributed by atoms with Gasteiger partial charge in [0.2, 0.25) is 5.91 Å². The lowest BCUT2D eigenvalue weighted by molar-refractivity contribution is -0.121. The largest absolute Gasteiger partial charge is 0.381 e. The van der Waals surface area contributed by atoms with Gasteiger partial charge in [0.15, 0.2) is 5.96 Å². The van der Waals surface area contributed by atoms with E-state index in [9.17, 15) is 4.79 Å². The van der Waals surface area contributed by atoms with Gasteiger partial charge in [-0.05, 0) is 50.9 Å². The number of hydrogen-bond acceptors (Lipinski definition) is 3. The van der Waals surface area contributed by atoms with E-state index in [0.29, 0.717) is 12.3 Å². The average molecular weight is 338 g/mol. The summed E-state index contributed by atoms with van der Waals surface area (Å²) in [7, 11) is 1.71. The van der Waals surface area contributed by atoms with Crippen LogP contribution in [0.4, 0.5) is 0 Å². The zero-order valence-electron chi connectivity index (χ0n) is 15.4. The summed E-state index contributed by atoms with van der Waals surface area (Å²) in [5.41, 5.74) is 0. The Hall–Kier alpha value is -1.30. The van der Waals surface area contributed by atoms with Crippen LogP contribution in [0.15, 0.2) is 4.99 Å². The summed E-state index contributed by atoms with van der Waals surface area (Å²) in [6, 6.07) is 0. The molecule has 0 aromatic heterocycles. The van der Waals surface area contributed by atoms with Crippen molar-refractivity contribution in [2.75, 3.05) is 46.4 Å². The van der Waals surface area contributed by atoms with Gasteiger partial charge in [-0.25, -0.2) is 0 Å². The Kier molecular flexibility index (Phi) is 8.36. The van der Waals surface area contributed by atoms with Crippen LogP contribution in [0.3, 0.4) is 0 Å². The summed E-state index contributed by atoms with van der Waals surface area (Å²) in [5.74, 6) is 2.50. The van der Waals surface area contributed by atoms with Gasteiger partial charge in [0, 0.05) is 52.9 Å². The molecule has 2 N–H and O–H groups in total. The van der Waals surface area contributed by atoms with E-state index in [1.807, 2.05) is 0 Å². The second-order valence-corrected chi connectivity index (χ2v) is 6.92. The molecule has 6 heteroatoms. The molecular weight excluding hydrogens is 304 g/mol. The fourth-order valence-electron chi connectivity index (χ4n) is 3.03. The van der Waals surface area contributed by atoms with E-state index in [1.54, 1.807) is 7.05 Å². The van der Waals surface area contributed by atoms with Crippen LogP contribution in [0.25, 0.3) is 0 Å². The quantitative estimate of drug-likeness (QED) is 0.381. The number of likely N-dealkylation sites (tertiary alicyclic amines) is 1. The van der Waals surface area contributed by atoms with Crippen molar-refractivity contribution < 1.29 is 9.53 Å². The number of aliphatic imine (C=N–C) groups is 1. The fraction of sp³-hybridized carbons (Fsp3) is 0.889. The molecule has 1 heterocycles. The van der Waals surface area contributed by atoms with Crippen LogP contribution in [0.1, 0.15) is 45.4 Å². The lowest BCUT2D eigenvalue weighted by atomic mass is 9.93. The first kappa shape index (κ1) is 19.0. The third kappa shape index (κ3) is 7.07. The van der Waals surface area contributed by atoms with Crippen LogP contribution in [0, 0.1) is 11.8 Å². The lowest BCUT2D eigenvalue weighted by Gasteiger charge is -2.34. The molecular formula is C18H34N4O2. The van der Waals surface area contributed by atoms with Gasteiger partial charge in [0.1, 0.15) is 0 Å². The molecule has 24 heavy (non-hydrogen) atoms. The van der Waals surface area contributed by atoms with Gasteiger partial charge in [-0.1, -0.05) is 0 Å². The molecule has 2 aliphatic rings. The first-order valence-corrected chi connectivity index (χ1v) is 9.54. The molecule has 0 bridgehead atoms. The highest BCUT2D eigenvalue weighted by Gasteiger charge is 2.23. The van der Waals surface area contributed by atoms with Crippen LogP contribution < -0.4 is 10.6 Å². The predicted octanol–water partition coefficient (Wildman–Crippen LogP) is 1.62. The molecule has 0 aromatic carbocycles. The number of carbonyl (C=O) groups is 1. The van der Waals surface area contributed by atoms with Gasteiger partial charge in [-0.3, -0.25) is 9.79 Å². The molecule has 1 saturated heterocycles. The van der Waals surface area contributed by atoms with E-state index < -0.39 is 0 Å². The number of piperidine rings is 1. The van der Waals surface area contributed by atoms with Crippen molar-refractivity contribution in [3.8, 4) is 0 Å². The van der Waals surface area contributed by atoms with Gasteiger partial charge < -0.3 is 20.3 Å². The molecule has 6 nitrogen and oxygen atoms in total. The molecule has 138 valence electrons. The first-order valence-electron chi connectivity index (χ1n) is 9.54. The second kappa shape index (κ2) is 10.5. The van der Waals surface area contributed by atoms with E-state index in [-0.39, 0.29) is 5.91 Å². The van der Waals surface area contributed by atoms with Crippen molar-refractivity contribution in [1.82, 2.24) is 15.5 Å². The Morgan fingerprint density at radius 1 is 1.21 bits per heavy atom. The number of carbonyl (C=O) groups excluding carboxylic acids is 1. The SMILES string of the molecule is CCNC(=NCCCOCC1CC1)N1CCC(CC(=O)NC)CC1. The zero-order valence-corrected chi connectivity index (χ0v) is 15.4. The molecule has 1 amide bonds. The minimum Gasteiger partial charge on any atom is -0.381 e. The third-order valence-corrected chi connectivity index (χ3v) is 4.76. The van der Waals surface area contributed by atoms with Gasteiger partial charge in [-0.2, -0.15) is 0 Å². The minimum atomic E-state index is 0.153. The number of hydrogen-bond donors (Lipinski definition) is 2. The van der Waals surface area contributed by atoms with E-state index in [4.69, 9.17) is 9.73 Å². The van der Waals surface area contributed by atoms with Gasteiger partial charge in [0.25, 0.3) is 0 Å². The maximum Gasteiger partial charge on any atom is 0.220 e. The average Bonchev–Trinajstić information content (AvgIpc) is 3.42. The van der Waals surface area contributed by atoms with Gasteiger partial charge >= 0.3 is 0 Å². The predicted molar refractivity (Wildman–Crippen MR) is 97.1 cm³/mol. The number of nitrogens with zero attached hydrogens (tertiary/aromatic N) is 2. The molecule has 0 radical (unpaired) electrons. The summed E-state index contributed by atoms with van der Waals surface area (Å²) >= 11 is 0. The molecule has 0 spiro atoms. The molecule has 2 fully saturated rings. The number of rotatable bonds is 9. The van der Waals surface area contributed by atoms with Crippen molar-refractivity contribution in [2.24, 2.45) is 16.8 Å². The summed E-state index contributed by atoms with van der Waals surface area (Å²) < 4.78 is 5.67. The summed E-state index contributed by atoms with van der Waals surface area (Å²) in [4.78, 5) is 18.6. The number of ether oxygens (including phenoxy) is 1. The van der Waals surface area contributed by atoms with Crippen molar-refractivity contribution in [3.63, 3.8) is 0 Å². The molecule has 0 unspecified atom stereocenters. The fourth-order valence-corrected chi connectivity index (χ4v) is 3.03. The molecule has 0 atom stereocenters. The van der Waals surface area contributed by atoms with Crippen LogP contribution in [-0.4, -0.2) is 63.2 Å². The molecule has 2 rings (SSSR count). The van der Waals surface area contributed by atoms with Crippen LogP contribution in [-0.2, 0) is 9.53 Å². The van der Waals surface area contributed by atoms with Crippen LogP contribution >= 0.6 is 0 Å². The van der Waals surface area contributed by atoms with E-state index in [1.165, 1.54) is 12.8 Å². The number of amides is 1. The topological polar surface area (TPSA) is 66.0 Å². The van der Waals surface area contributed by atoms with Crippen molar-refractivity contribution in [3.05, 3.63) is 0 Å². The first-order chi connectivity index (χ1) is 11.7. The number of nitrogens with one attached hydrogen (secondary N) is 2. The van der Waals surface area contributed by atoms with Crippen LogP contribution in [0.5, 0.6) is 0 Å². The summed E-state index contributed by atoms with van der Waals surface area (Å²) in [6.45, 7) is 7.50. The Morgan fingerprint density at radius 2 is 1.96 bits per heavy atom. The van der Waals surface area contributed by atoms with Crippen molar-refractivity contribution >= 4 is 11.9 Å². The van der Waals surface area contributed by atoms with Crippen LogP contribution in [0.2, 0.25) is 0 Å². The summed E-state index contributed by atoms with van der Waals surface area (Å²) in [5, 5.41) is 6.12. The highest BCUT2D eigenvalue weighted by Crippen LogP contribution is 2.28. The van der Waals surface area contributed by atoms with Crippen molar-refractivity contribution in [1.29, 1.82) is 0 Å². The molecule has 0 aromatic rings. The van der Waals surface area contributed by atoms with E-state index in [0.717, 1.165) is 70.5 Å². The maximum atomic E-state index is 11.5. The Labute approximate surface area is 146 Å². The molecule has 1 aliphatic heterocycles. The third-order valence-electron chi connectivity index (χ3n) is 4.76. The van der Waals surface area contributed by atoms with Crippen molar-refractivity contribution in [2.45, 2.75) is 45.4 Å². The van der Waals surface area contributed by atoms with E-state index in [2.05, 4.69) is 22.5 Å². The minimum absolute atomic E-state index is 0.153. The Morgan fingerprint density at radius 3 is 2.58 bits per heavy atom. The molecule has 1 aliphatic carbocycles. The normalized spacial score (nSPS) is 19.4. The highest BCUT2D eigenvalue weighted by atomic mass is 16.5. The van der Waals surface area contributed by atoms with Gasteiger partial charge in [0.05, 0.1) is 0 Å². The Bertz CT molecular complexity index is 402. The lowest BCUT2D eigenvalue weighted by Crippen LogP contribution is -2.46. The van der Waals surface area contributed by atoms with E-state index >= 15 is 0 Å². The maximum absolute atomic E-state index is 11.5. The summed E-state index contributed by atoms with van der Waals surface area (Å²) in [6.07, 6.45) is 6.44. The second-order valence-electron chi connectivity index (χ2n) is 6.92. The standard InChI is InChI=1S/C18H34N4O2/c1-3-20-18(21-9-4-12-24-14-16-5-6-16)22-10-7-15(8-11-22)13-17(23)19-2/h15-16H,3-14H2,1-2H3,(H,19,23)(H,20,21). The van der Waals surface area contributed by atoms with Gasteiger partial charge in [-0.15, -0.1) is 0 Å². The Balaban J connectivity index is 1.67. The smallest absolute Gasteiger partial charge is 0.220 e. The highest BCUT2D eigenvalue weighted by molar-refractivity contribution is 5.80.